The first-order valence-electron chi connectivity index (χ1n) is 8.13. The molecular weight excluding hydrogens is 368 g/mol. The molecule has 1 aliphatic rings. The van der Waals surface area contributed by atoms with Crippen molar-refractivity contribution in [2.24, 2.45) is 0 Å². The van der Waals surface area contributed by atoms with Gasteiger partial charge in [-0.25, -0.2) is 0 Å². The van der Waals surface area contributed by atoms with E-state index in [1.54, 1.807) is 0 Å². The molecule has 2 aromatic carbocycles. The molecule has 2 aromatic rings. The average molecular weight is 389 g/mol. The number of carbonyl (C=O) groups excluding carboxylic acids is 1. The Morgan fingerprint density at radius 2 is 1.62 bits per heavy atom. The fraction of sp³-hybridized carbons (Fsp3) is 0.316. The third kappa shape index (κ3) is 4.82. The molecule has 3 rings (SSSR count). The highest BCUT2D eigenvalue weighted by molar-refractivity contribution is 9.10. The first-order valence-corrected chi connectivity index (χ1v) is 8.92. The Bertz CT molecular complexity index is 653. The van der Waals surface area contributed by atoms with Crippen LogP contribution in [0.1, 0.15) is 5.56 Å². The van der Waals surface area contributed by atoms with Crippen LogP contribution in [-0.2, 0) is 11.3 Å². The van der Waals surface area contributed by atoms with Gasteiger partial charge in [0.05, 0.1) is 0 Å². The van der Waals surface area contributed by atoms with Crippen LogP contribution in [0.4, 0.5) is 0 Å². The van der Waals surface area contributed by atoms with Crippen LogP contribution in [0.5, 0.6) is 5.75 Å². The Morgan fingerprint density at radius 3 is 2.29 bits per heavy atom. The lowest BCUT2D eigenvalue weighted by Crippen LogP contribution is -2.49. The molecule has 5 heteroatoms. The summed E-state index contributed by atoms with van der Waals surface area (Å²) >= 11 is 3.38. The molecule has 0 bridgehead atoms. The molecule has 0 radical (unpaired) electrons. The standard InChI is InChI=1S/C19H21BrN2O2/c20-17-6-8-18(9-7-17)24-15-19(23)22-12-10-21(11-13-22)14-16-4-2-1-3-5-16/h1-9H,10-15H2. The molecule has 0 aliphatic carbocycles. The topological polar surface area (TPSA) is 32.8 Å². The number of ether oxygens (including phenoxy) is 1. The van der Waals surface area contributed by atoms with Crippen molar-refractivity contribution in [1.82, 2.24) is 9.80 Å². The number of nitrogens with zero attached hydrogens (tertiary/aromatic N) is 2. The van der Waals surface area contributed by atoms with Crippen molar-refractivity contribution >= 4 is 21.8 Å². The Labute approximate surface area is 151 Å². The third-order valence-electron chi connectivity index (χ3n) is 4.15. The highest BCUT2D eigenvalue weighted by Gasteiger charge is 2.21. The molecule has 1 saturated heterocycles. The van der Waals surface area contributed by atoms with Gasteiger partial charge >= 0.3 is 0 Å². The van der Waals surface area contributed by atoms with Gasteiger partial charge in [0.2, 0.25) is 0 Å². The van der Waals surface area contributed by atoms with E-state index in [1.165, 1.54) is 5.56 Å². The van der Waals surface area contributed by atoms with Crippen molar-refractivity contribution in [2.75, 3.05) is 32.8 Å². The van der Waals surface area contributed by atoms with Crippen LogP contribution in [0.2, 0.25) is 0 Å². The predicted molar refractivity (Wildman–Crippen MR) is 97.9 cm³/mol. The minimum absolute atomic E-state index is 0.0530. The van der Waals surface area contributed by atoms with E-state index in [1.807, 2.05) is 35.2 Å². The summed E-state index contributed by atoms with van der Waals surface area (Å²) in [4.78, 5) is 16.5. The summed E-state index contributed by atoms with van der Waals surface area (Å²) in [5.41, 5.74) is 1.32. The smallest absolute Gasteiger partial charge is 0.260 e. The Hall–Kier alpha value is -1.85. The number of amides is 1. The number of carbonyl (C=O) groups is 1. The second-order valence-electron chi connectivity index (χ2n) is 5.89. The highest BCUT2D eigenvalue weighted by atomic mass is 79.9. The fourth-order valence-corrected chi connectivity index (χ4v) is 3.03. The van der Waals surface area contributed by atoms with Crippen molar-refractivity contribution in [3.8, 4) is 5.75 Å². The lowest BCUT2D eigenvalue weighted by Gasteiger charge is -2.34. The van der Waals surface area contributed by atoms with Crippen LogP contribution in [0.3, 0.4) is 0 Å². The van der Waals surface area contributed by atoms with Crippen LogP contribution in [-0.4, -0.2) is 48.5 Å². The van der Waals surface area contributed by atoms with Crippen LogP contribution in [0.15, 0.2) is 59.1 Å². The summed E-state index contributed by atoms with van der Waals surface area (Å²) in [6, 6.07) is 18.0. The number of rotatable bonds is 5. The fourth-order valence-electron chi connectivity index (χ4n) is 2.76. The van der Waals surface area contributed by atoms with Crippen LogP contribution in [0, 0.1) is 0 Å². The van der Waals surface area contributed by atoms with E-state index in [0.717, 1.165) is 37.2 Å². The third-order valence-corrected chi connectivity index (χ3v) is 4.68. The Balaban J connectivity index is 1.42. The molecule has 0 atom stereocenters. The van der Waals surface area contributed by atoms with Crippen molar-refractivity contribution in [1.29, 1.82) is 0 Å². The Kier molecular flexibility index (Phi) is 5.88. The molecule has 0 aromatic heterocycles. The molecule has 0 spiro atoms. The summed E-state index contributed by atoms with van der Waals surface area (Å²) in [5.74, 6) is 0.770. The summed E-state index contributed by atoms with van der Waals surface area (Å²) in [5, 5.41) is 0. The maximum absolute atomic E-state index is 12.3. The number of halogens is 1. The molecule has 0 saturated carbocycles. The van der Waals surface area contributed by atoms with E-state index < -0.39 is 0 Å². The first kappa shape index (κ1) is 17.0. The van der Waals surface area contributed by atoms with E-state index in [2.05, 4.69) is 45.1 Å². The second kappa shape index (κ2) is 8.31. The van der Waals surface area contributed by atoms with E-state index in [-0.39, 0.29) is 12.5 Å². The molecule has 0 unspecified atom stereocenters. The zero-order valence-corrected chi connectivity index (χ0v) is 15.1. The van der Waals surface area contributed by atoms with E-state index >= 15 is 0 Å². The number of benzene rings is 2. The molecule has 1 aliphatic heterocycles. The maximum atomic E-state index is 12.3. The van der Waals surface area contributed by atoms with Gasteiger partial charge in [0, 0.05) is 37.2 Å². The zero-order chi connectivity index (χ0) is 16.8. The van der Waals surface area contributed by atoms with Crippen LogP contribution in [0.25, 0.3) is 0 Å². The highest BCUT2D eigenvalue weighted by Crippen LogP contribution is 2.16. The van der Waals surface area contributed by atoms with Gasteiger partial charge in [0.25, 0.3) is 5.91 Å². The van der Waals surface area contributed by atoms with Crippen molar-refractivity contribution in [2.45, 2.75) is 6.54 Å². The molecular formula is C19H21BrN2O2. The monoisotopic (exact) mass is 388 g/mol. The minimum atomic E-state index is 0.0530. The number of piperazine rings is 1. The van der Waals surface area contributed by atoms with Gasteiger partial charge in [0.1, 0.15) is 5.75 Å². The summed E-state index contributed by atoms with van der Waals surface area (Å²) < 4.78 is 6.57. The van der Waals surface area contributed by atoms with Gasteiger partial charge in [-0.1, -0.05) is 46.3 Å². The lowest BCUT2D eigenvalue weighted by atomic mass is 10.2. The minimum Gasteiger partial charge on any atom is -0.484 e. The van der Waals surface area contributed by atoms with E-state index in [0.29, 0.717) is 5.75 Å². The normalized spacial score (nSPS) is 15.3. The van der Waals surface area contributed by atoms with E-state index in [9.17, 15) is 4.79 Å². The molecule has 0 N–H and O–H groups in total. The van der Waals surface area contributed by atoms with Gasteiger partial charge in [-0.2, -0.15) is 0 Å². The van der Waals surface area contributed by atoms with Gasteiger partial charge in [-0.05, 0) is 29.8 Å². The van der Waals surface area contributed by atoms with Crippen LogP contribution >= 0.6 is 15.9 Å². The average Bonchev–Trinajstić information content (AvgIpc) is 2.62. The number of hydrogen-bond donors (Lipinski definition) is 0. The summed E-state index contributed by atoms with van der Waals surface area (Å²) in [6.45, 7) is 4.36. The summed E-state index contributed by atoms with van der Waals surface area (Å²) in [6.07, 6.45) is 0. The van der Waals surface area contributed by atoms with Crippen molar-refractivity contribution < 1.29 is 9.53 Å². The maximum Gasteiger partial charge on any atom is 0.260 e. The van der Waals surface area contributed by atoms with Crippen molar-refractivity contribution in [3.05, 3.63) is 64.6 Å². The van der Waals surface area contributed by atoms with E-state index in [4.69, 9.17) is 4.74 Å². The summed E-state index contributed by atoms with van der Waals surface area (Å²) in [7, 11) is 0. The Morgan fingerprint density at radius 1 is 0.958 bits per heavy atom. The first-order chi connectivity index (χ1) is 11.7. The SMILES string of the molecule is O=C(COc1ccc(Br)cc1)N1CCN(Cc2ccccc2)CC1. The quantitative estimate of drug-likeness (QED) is 0.788. The molecule has 1 amide bonds. The van der Waals surface area contributed by atoms with Gasteiger partial charge in [-0.3, -0.25) is 9.69 Å². The molecule has 4 nitrogen and oxygen atoms in total. The zero-order valence-electron chi connectivity index (χ0n) is 13.5. The molecule has 1 heterocycles. The van der Waals surface area contributed by atoms with Crippen LogP contribution < -0.4 is 4.74 Å². The number of hydrogen-bond acceptors (Lipinski definition) is 3. The lowest BCUT2D eigenvalue weighted by molar-refractivity contribution is -0.135. The van der Waals surface area contributed by atoms with Crippen molar-refractivity contribution in [3.63, 3.8) is 0 Å². The predicted octanol–water partition coefficient (Wildman–Crippen LogP) is 3.17. The van der Waals surface area contributed by atoms with Gasteiger partial charge in [0.15, 0.2) is 6.61 Å². The molecule has 1 fully saturated rings. The molecule has 126 valence electrons. The second-order valence-corrected chi connectivity index (χ2v) is 6.80. The van der Waals surface area contributed by atoms with Gasteiger partial charge < -0.3 is 9.64 Å². The molecule has 24 heavy (non-hydrogen) atoms. The largest absolute Gasteiger partial charge is 0.484 e. The van der Waals surface area contributed by atoms with Gasteiger partial charge in [-0.15, -0.1) is 0 Å².